The summed E-state index contributed by atoms with van der Waals surface area (Å²) in [5.41, 5.74) is 11.3. The van der Waals surface area contributed by atoms with Crippen molar-refractivity contribution in [3.63, 3.8) is 0 Å². The van der Waals surface area contributed by atoms with Crippen LogP contribution in [0.25, 0.3) is 23.8 Å². The molecule has 0 aliphatic carbocycles. The van der Waals surface area contributed by atoms with Crippen molar-refractivity contribution >= 4 is 47.2 Å². The highest BCUT2D eigenvalue weighted by Gasteiger charge is 2.05. The Labute approximate surface area is 533 Å². The predicted octanol–water partition coefficient (Wildman–Crippen LogP) is 25.5. The molecule has 5 heteroatoms. The van der Waals surface area contributed by atoms with Gasteiger partial charge in [-0.2, -0.15) is 0 Å². The first-order valence-electron chi connectivity index (χ1n) is 31.0. The molecule has 4 unspecified atom stereocenters. The number of ether oxygens (including phenoxy) is 3. The van der Waals surface area contributed by atoms with Crippen molar-refractivity contribution < 1.29 is 14.2 Å². The first-order chi connectivity index (χ1) is 41.6. The molecule has 0 amide bonds. The highest BCUT2D eigenvalue weighted by Crippen LogP contribution is 2.25. The lowest BCUT2D eigenvalue weighted by Gasteiger charge is -2.09. The van der Waals surface area contributed by atoms with Crippen LogP contribution in [0.4, 0.5) is 0 Å². The fraction of sp³-hybridized carbons (Fsp3) is 0.309. The van der Waals surface area contributed by atoms with Crippen molar-refractivity contribution in [2.24, 2.45) is 0 Å². The molecule has 460 valence electrons. The lowest BCUT2D eigenvalue weighted by atomic mass is 9.99. The van der Waals surface area contributed by atoms with Crippen molar-refractivity contribution in [1.82, 2.24) is 0 Å². The molecule has 8 aromatic carbocycles. The second kappa shape index (κ2) is 48.9. The van der Waals surface area contributed by atoms with Crippen LogP contribution in [0.5, 0.6) is 17.2 Å². The highest BCUT2D eigenvalue weighted by atomic mass is 35.5. The molecule has 0 aromatic heterocycles. The van der Waals surface area contributed by atoms with Gasteiger partial charge in [-0.3, -0.25) is 0 Å². The molecule has 3 nitrogen and oxygen atoms in total. The Morgan fingerprint density at radius 3 is 0.907 bits per heavy atom. The van der Waals surface area contributed by atoms with Crippen LogP contribution in [0, 0.1) is 0 Å². The zero-order chi connectivity index (χ0) is 63.7. The lowest BCUT2D eigenvalue weighted by molar-refractivity contribution is 0.340. The summed E-state index contributed by atoms with van der Waals surface area (Å²) in [5.74, 6) is 6.70. The number of halogens is 1. The molecule has 0 aliphatic rings. The van der Waals surface area contributed by atoms with Crippen LogP contribution in [0.15, 0.2) is 244 Å². The number of thioether (sulfide) groups is 1. The van der Waals surface area contributed by atoms with Gasteiger partial charge in [-0.25, -0.2) is 0 Å². The Balaban J connectivity index is 0.000000495. The molecule has 4 atom stereocenters. The van der Waals surface area contributed by atoms with Gasteiger partial charge in [-0.15, -0.1) is 11.8 Å². The van der Waals surface area contributed by atoms with Crippen LogP contribution in [0.3, 0.4) is 0 Å². The summed E-state index contributed by atoms with van der Waals surface area (Å²) in [6.45, 7) is 45.0. The van der Waals surface area contributed by atoms with Crippen LogP contribution in [0.1, 0.15) is 184 Å². The second-order valence-electron chi connectivity index (χ2n) is 20.3. The highest BCUT2D eigenvalue weighted by molar-refractivity contribution is 7.99. The molecular formula is C81H105ClO3S. The minimum Gasteiger partial charge on any atom is -0.494 e. The Hall–Kier alpha value is -7.24. The molecule has 0 N–H and O–H groups in total. The monoisotopic (exact) mass is 1190 g/mol. The average Bonchev–Trinajstić information content (AvgIpc) is 3.74. The summed E-state index contributed by atoms with van der Waals surface area (Å²) >= 11 is 7.66. The largest absolute Gasteiger partial charge is 0.494 e. The van der Waals surface area contributed by atoms with Crippen LogP contribution in [-0.4, -0.2) is 25.6 Å². The van der Waals surface area contributed by atoms with E-state index in [1.807, 2.05) is 191 Å². The zero-order valence-electron chi connectivity index (χ0n) is 54.7. The number of allylic oxidation sites excluding steroid dienone is 1. The fourth-order valence-electron chi connectivity index (χ4n) is 7.72. The maximum absolute atomic E-state index is 5.75. The van der Waals surface area contributed by atoms with E-state index in [0.29, 0.717) is 23.7 Å². The third-order valence-electron chi connectivity index (χ3n) is 14.0. The maximum Gasteiger partial charge on any atom is 0.119 e. The third-order valence-corrected chi connectivity index (χ3v) is 15.2. The van der Waals surface area contributed by atoms with Gasteiger partial charge in [0.2, 0.25) is 0 Å². The number of hydrogen-bond acceptors (Lipinski definition) is 4. The van der Waals surface area contributed by atoms with Gasteiger partial charge in [0.05, 0.1) is 19.8 Å². The molecule has 0 bridgehead atoms. The van der Waals surface area contributed by atoms with E-state index < -0.39 is 0 Å². The van der Waals surface area contributed by atoms with Crippen LogP contribution < -0.4 is 14.2 Å². The smallest absolute Gasteiger partial charge is 0.119 e. The molecule has 8 rings (SSSR count). The summed E-state index contributed by atoms with van der Waals surface area (Å²) in [6, 6.07) is 72.0. The zero-order valence-corrected chi connectivity index (χ0v) is 56.3. The van der Waals surface area contributed by atoms with E-state index in [-0.39, 0.29) is 0 Å². The van der Waals surface area contributed by atoms with Crippen LogP contribution in [-0.2, 0) is 0 Å². The Kier molecular flexibility index (Phi) is 43.7. The van der Waals surface area contributed by atoms with E-state index in [1.165, 1.54) is 69.5 Å². The predicted molar refractivity (Wildman–Crippen MR) is 386 cm³/mol. The summed E-state index contributed by atoms with van der Waals surface area (Å²) < 4.78 is 16.1. The molecule has 0 radical (unpaired) electrons. The SMILES string of the molecule is C=C(C)c1ccccc1.C=Cc1ccccc1.C=Cc1ccccc1.C=Cc1ccccc1Cl.CCOc1ccc(C(C)CC)cc1.CCOc1ccc(C(C)CC)cc1.CCOc1ccc(C(C)CC)cc1.CCSc1ccc(C(C)CC)cc1. The van der Waals surface area contributed by atoms with Crippen molar-refractivity contribution in [2.75, 3.05) is 25.6 Å². The molecule has 8 aromatic rings. The Morgan fingerprint density at radius 2 is 0.686 bits per heavy atom. The summed E-state index contributed by atoms with van der Waals surface area (Å²) in [6.07, 6.45) is 10.2. The van der Waals surface area contributed by atoms with Gasteiger partial charge < -0.3 is 14.2 Å². The van der Waals surface area contributed by atoms with Gasteiger partial charge >= 0.3 is 0 Å². The quantitative estimate of drug-likeness (QED) is 0.0711. The molecule has 86 heavy (non-hydrogen) atoms. The lowest BCUT2D eigenvalue weighted by Crippen LogP contribution is -1.93. The normalized spacial score (nSPS) is 11.1. The van der Waals surface area contributed by atoms with E-state index in [4.69, 9.17) is 25.8 Å². The molecular weight excluding hydrogens is 1090 g/mol. The van der Waals surface area contributed by atoms with Gasteiger partial charge in [0, 0.05) is 9.92 Å². The molecule has 0 heterocycles. The number of hydrogen-bond donors (Lipinski definition) is 0. The Bertz CT molecular complexity index is 2650. The van der Waals surface area contributed by atoms with E-state index in [0.717, 1.165) is 59.0 Å². The van der Waals surface area contributed by atoms with Gasteiger partial charge in [-0.1, -0.05) is 282 Å². The number of benzene rings is 8. The van der Waals surface area contributed by atoms with Crippen LogP contribution in [0.2, 0.25) is 5.02 Å². The standard InChI is InChI=1S/3C12H18O.C12H18S.C9H10.C8H7Cl.2C8H8/c4*1-4-10(3)11-6-8-12(9-7-11)13-5-2;1-8(2)9-6-4-3-5-7-9;1-2-7-5-3-4-6-8(7)9;2*1-2-8-6-4-3-5-7-8/h4*6-10H,4-5H2,1-3H3;3-7H,1H2,2H3;2-6H,1H2;2*2-7H,1H2. The second-order valence-corrected chi connectivity index (χ2v) is 22.1. The van der Waals surface area contributed by atoms with Crippen molar-refractivity contribution in [2.45, 2.75) is 144 Å². The van der Waals surface area contributed by atoms with Crippen molar-refractivity contribution in [3.05, 3.63) is 288 Å². The van der Waals surface area contributed by atoms with Gasteiger partial charge in [-0.05, 0) is 182 Å². The molecule has 0 saturated heterocycles. The minimum atomic E-state index is 0.649. The first kappa shape index (κ1) is 76.8. The summed E-state index contributed by atoms with van der Waals surface area (Å²) in [4.78, 5) is 1.38. The van der Waals surface area contributed by atoms with E-state index >= 15 is 0 Å². The molecule has 0 saturated carbocycles. The first-order valence-corrected chi connectivity index (χ1v) is 32.3. The van der Waals surface area contributed by atoms with Crippen molar-refractivity contribution in [3.8, 4) is 17.2 Å². The summed E-state index contributed by atoms with van der Waals surface area (Å²) in [5, 5.41) is 0.757. The number of rotatable bonds is 20. The molecule has 0 spiro atoms. The Morgan fingerprint density at radius 1 is 0.395 bits per heavy atom. The third kappa shape index (κ3) is 34.0. The van der Waals surface area contributed by atoms with Crippen LogP contribution >= 0.6 is 23.4 Å². The molecule has 0 aliphatic heterocycles. The van der Waals surface area contributed by atoms with Crippen molar-refractivity contribution in [1.29, 1.82) is 0 Å². The summed E-state index contributed by atoms with van der Waals surface area (Å²) in [7, 11) is 0. The maximum atomic E-state index is 5.75. The van der Waals surface area contributed by atoms with Gasteiger partial charge in [0.25, 0.3) is 0 Å². The van der Waals surface area contributed by atoms with E-state index in [1.54, 1.807) is 6.08 Å². The topological polar surface area (TPSA) is 27.7 Å². The average molecular weight is 1190 g/mol. The molecule has 0 fully saturated rings. The minimum absolute atomic E-state index is 0.649. The van der Waals surface area contributed by atoms with E-state index in [2.05, 4.69) is 161 Å². The fourth-order valence-corrected chi connectivity index (χ4v) is 8.60. The van der Waals surface area contributed by atoms with Gasteiger partial charge in [0.1, 0.15) is 17.2 Å². The van der Waals surface area contributed by atoms with Gasteiger partial charge in [0.15, 0.2) is 0 Å². The van der Waals surface area contributed by atoms with E-state index in [9.17, 15) is 0 Å².